The number of hydrogen-bond donors (Lipinski definition) is 0. The van der Waals surface area contributed by atoms with Crippen LogP contribution in [0.4, 0.5) is 5.69 Å². The SMILES string of the molecule is Cc1cccc(OCCn2c([C@@H]3CC(=O)N(c4ccccc4Cl)C3)nc3ccccc32)c1. The van der Waals surface area contributed by atoms with Gasteiger partial charge >= 0.3 is 0 Å². The van der Waals surface area contributed by atoms with E-state index in [-0.39, 0.29) is 11.8 Å². The first kappa shape index (κ1) is 20.6. The lowest BCUT2D eigenvalue weighted by molar-refractivity contribution is -0.117. The Hall–Kier alpha value is -3.31. The van der Waals surface area contributed by atoms with Gasteiger partial charge in [-0.25, -0.2) is 4.98 Å². The zero-order valence-corrected chi connectivity index (χ0v) is 18.6. The van der Waals surface area contributed by atoms with Crippen molar-refractivity contribution in [3.05, 3.63) is 89.2 Å². The van der Waals surface area contributed by atoms with Crippen LogP contribution in [0, 0.1) is 6.92 Å². The molecule has 1 fully saturated rings. The molecule has 0 N–H and O–H groups in total. The van der Waals surface area contributed by atoms with Crippen LogP contribution in [0.3, 0.4) is 0 Å². The number of ether oxygens (including phenoxy) is 1. The molecule has 162 valence electrons. The fourth-order valence-corrected chi connectivity index (χ4v) is 4.62. The molecule has 4 aromatic rings. The van der Waals surface area contributed by atoms with Gasteiger partial charge < -0.3 is 14.2 Å². The number of halogens is 1. The summed E-state index contributed by atoms with van der Waals surface area (Å²) in [5.74, 6) is 1.83. The van der Waals surface area contributed by atoms with E-state index in [2.05, 4.69) is 23.6 Å². The minimum absolute atomic E-state index is 0.00913. The fraction of sp³-hybridized carbons (Fsp3) is 0.231. The van der Waals surface area contributed by atoms with Gasteiger partial charge in [0.05, 0.1) is 28.3 Å². The van der Waals surface area contributed by atoms with Crippen LogP contribution in [0.5, 0.6) is 5.75 Å². The van der Waals surface area contributed by atoms with Crippen LogP contribution in [0.25, 0.3) is 11.0 Å². The average Bonchev–Trinajstić information content (AvgIpc) is 3.35. The van der Waals surface area contributed by atoms with Crippen molar-refractivity contribution in [3.8, 4) is 5.75 Å². The Kier molecular flexibility index (Phi) is 5.58. The molecule has 6 heteroatoms. The summed E-state index contributed by atoms with van der Waals surface area (Å²) >= 11 is 6.37. The predicted molar refractivity (Wildman–Crippen MR) is 128 cm³/mol. The summed E-state index contributed by atoms with van der Waals surface area (Å²) in [7, 11) is 0. The summed E-state index contributed by atoms with van der Waals surface area (Å²) in [6.45, 7) is 3.78. The smallest absolute Gasteiger partial charge is 0.227 e. The summed E-state index contributed by atoms with van der Waals surface area (Å²) in [6.07, 6.45) is 0.410. The lowest BCUT2D eigenvalue weighted by atomic mass is 10.1. The molecule has 0 saturated carbocycles. The van der Waals surface area contributed by atoms with Crippen molar-refractivity contribution >= 4 is 34.2 Å². The number of carbonyl (C=O) groups excluding carboxylic acids is 1. The van der Waals surface area contributed by atoms with Crippen LogP contribution in [0.2, 0.25) is 5.02 Å². The molecule has 1 aromatic heterocycles. The van der Waals surface area contributed by atoms with Crippen molar-refractivity contribution < 1.29 is 9.53 Å². The first-order valence-electron chi connectivity index (χ1n) is 10.8. The van der Waals surface area contributed by atoms with Crippen molar-refractivity contribution in [1.82, 2.24) is 9.55 Å². The maximum Gasteiger partial charge on any atom is 0.227 e. The summed E-state index contributed by atoms with van der Waals surface area (Å²) in [5.41, 5.74) is 3.91. The Balaban J connectivity index is 1.41. The molecule has 0 spiro atoms. The Morgan fingerprint density at radius 2 is 1.88 bits per heavy atom. The number of rotatable bonds is 6. The average molecular weight is 446 g/mol. The number of aromatic nitrogens is 2. The van der Waals surface area contributed by atoms with Crippen molar-refractivity contribution in [2.24, 2.45) is 0 Å². The molecule has 0 bridgehead atoms. The van der Waals surface area contributed by atoms with Crippen LogP contribution in [-0.2, 0) is 11.3 Å². The van der Waals surface area contributed by atoms with E-state index >= 15 is 0 Å². The largest absolute Gasteiger partial charge is 0.492 e. The second-order valence-corrected chi connectivity index (χ2v) is 8.54. The van der Waals surface area contributed by atoms with E-state index in [0.717, 1.165) is 28.3 Å². The Bertz CT molecular complexity index is 1280. The van der Waals surface area contributed by atoms with E-state index in [1.54, 1.807) is 4.90 Å². The molecule has 2 heterocycles. The number of hydrogen-bond acceptors (Lipinski definition) is 3. The van der Waals surface area contributed by atoms with Gasteiger partial charge in [0.2, 0.25) is 5.91 Å². The first-order chi connectivity index (χ1) is 15.6. The Labute approximate surface area is 192 Å². The van der Waals surface area contributed by atoms with E-state index in [1.165, 1.54) is 5.56 Å². The quantitative estimate of drug-likeness (QED) is 0.388. The van der Waals surface area contributed by atoms with Gasteiger partial charge in [-0.2, -0.15) is 0 Å². The fourth-order valence-electron chi connectivity index (χ4n) is 4.38. The zero-order chi connectivity index (χ0) is 22.1. The van der Waals surface area contributed by atoms with Crippen molar-refractivity contribution in [2.75, 3.05) is 18.1 Å². The molecule has 0 aliphatic carbocycles. The molecule has 5 rings (SSSR count). The second-order valence-electron chi connectivity index (χ2n) is 8.13. The maximum atomic E-state index is 12.9. The monoisotopic (exact) mass is 445 g/mol. The Morgan fingerprint density at radius 1 is 1.06 bits per heavy atom. The van der Waals surface area contributed by atoms with Gasteiger partial charge in [0.1, 0.15) is 18.2 Å². The molecule has 5 nitrogen and oxygen atoms in total. The molecule has 1 aliphatic heterocycles. The number of nitrogens with zero attached hydrogens (tertiary/aromatic N) is 3. The number of aryl methyl sites for hydroxylation is 1. The van der Waals surface area contributed by atoms with Crippen LogP contribution in [-0.4, -0.2) is 28.6 Å². The van der Waals surface area contributed by atoms with E-state index in [1.807, 2.05) is 60.7 Å². The molecule has 0 unspecified atom stereocenters. The third kappa shape index (κ3) is 3.96. The lowest BCUT2D eigenvalue weighted by Gasteiger charge is -2.18. The number of benzene rings is 3. The normalized spacial score (nSPS) is 16.1. The summed E-state index contributed by atoms with van der Waals surface area (Å²) < 4.78 is 8.20. The molecular formula is C26H24ClN3O2. The number of amides is 1. The third-order valence-corrected chi connectivity index (χ3v) is 6.21. The van der Waals surface area contributed by atoms with E-state index in [4.69, 9.17) is 21.3 Å². The van der Waals surface area contributed by atoms with Crippen LogP contribution < -0.4 is 9.64 Å². The number of para-hydroxylation sites is 3. The third-order valence-electron chi connectivity index (χ3n) is 5.89. The molecule has 1 aliphatic rings. The highest BCUT2D eigenvalue weighted by Gasteiger charge is 2.35. The second kappa shape index (κ2) is 8.67. The van der Waals surface area contributed by atoms with E-state index in [0.29, 0.717) is 31.1 Å². The van der Waals surface area contributed by atoms with Gasteiger partial charge in [-0.3, -0.25) is 4.79 Å². The molecule has 1 saturated heterocycles. The van der Waals surface area contributed by atoms with E-state index < -0.39 is 0 Å². The number of imidazole rings is 1. The van der Waals surface area contributed by atoms with Gasteiger partial charge in [0, 0.05) is 18.9 Å². The van der Waals surface area contributed by atoms with Crippen LogP contribution in [0.1, 0.15) is 23.7 Å². The van der Waals surface area contributed by atoms with Gasteiger partial charge in [-0.1, -0.05) is 48.0 Å². The zero-order valence-electron chi connectivity index (χ0n) is 17.9. The topological polar surface area (TPSA) is 47.4 Å². The minimum Gasteiger partial charge on any atom is -0.492 e. The lowest BCUT2D eigenvalue weighted by Crippen LogP contribution is -2.25. The van der Waals surface area contributed by atoms with Gasteiger partial charge in [0.15, 0.2) is 0 Å². The summed E-state index contributed by atoms with van der Waals surface area (Å²) in [4.78, 5) is 19.6. The predicted octanol–water partition coefficient (Wildman–Crippen LogP) is 5.60. The number of carbonyl (C=O) groups is 1. The molecular weight excluding hydrogens is 422 g/mol. The summed E-state index contributed by atoms with van der Waals surface area (Å²) in [5, 5.41) is 0.585. The number of fused-ring (bicyclic) bond motifs is 1. The first-order valence-corrected chi connectivity index (χ1v) is 11.2. The maximum absolute atomic E-state index is 12.9. The Morgan fingerprint density at radius 3 is 2.72 bits per heavy atom. The molecule has 32 heavy (non-hydrogen) atoms. The van der Waals surface area contributed by atoms with Gasteiger partial charge in [-0.05, 0) is 48.9 Å². The number of anilines is 1. The van der Waals surface area contributed by atoms with E-state index in [9.17, 15) is 4.79 Å². The minimum atomic E-state index is -0.00913. The molecule has 0 radical (unpaired) electrons. The standard InChI is InChI=1S/C26H24ClN3O2/c1-18-7-6-8-20(15-18)32-14-13-29-24-12-5-3-10-22(24)28-26(29)19-16-25(31)30(17-19)23-11-4-2-9-21(23)27/h2-12,15,19H,13-14,16-17H2,1H3/t19-/m1/s1. The highest BCUT2D eigenvalue weighted by atomic mass is 35.5. The van der Waals surface area contributed by atoms with Crippen molar-refractivity contribution in [1.29, 1.82) is 0 Å². The molecule has 1 atom stereocenters. The van der Waals surface area contributed by atoms with Crippen LogP contribution >= 0.6 is 11.6 Å². The van der Waals surface area contributed by atoms with Gasteiger partial charge in [0.25, 0.3) is 0 Å². The molecule has 3 aromatic carbocycles. The van der Waals surface area contributed by atoms with Crippen LogP contribution in [0.15, 0.2) is 72.8 Å². The van der Waals surface area contributed by atoms with Gasteiger partial charge in [-0.15, -0.1) is 0 Å². The molecule has 1 amide bonds. The highest BCUT2D eigenvalue weighted by Crippen LogP contribution is 2.36. The summed E-state index contributed by atoms with van der Waals surface area (Å²) in [6, 6.07) is 23.6. The highest BCUT2D eigenvalue weighted by molar-refractivity contribution is 6.33. The van der Waals surface area contributed by atoms with Crippen molar-refractivity contribution in [3.63, 3.8) is 0 Å². The van der Waals surface area contributed by atoms with Crippen molar-refractivity contribution in [2.45, 2.75) is 25.8 Å².